The first-order chi connectivity index (χ1) is 16.9. The first-order valence-corrected chi connectivity index (χ1v) is 11.5. The Morgan fingerprint density at radius 3 is 2.34 bits per heavy atom. The molecule has 7 nitrogen and oxygen atoms in total. The summed E-state index contributed by atoms with van der Waals surface area (Å²) in [6, 6.07) is 23.7. The molecule has 1 amide bonds. The fourth-order valence-electron chi connectivity index (χ4n) is 3.28. The molecule has 0 aromatic heterocycles. The van der Waals surface area contributed by atoms with Gasteiger partial charge in [-0.05, 0) is 70.9 Å². The molecule has 1 fully saturated rings. The van der Waals surface area contributed by atoms with Crippen molar-refractivity contribution in [2.75, 3.05) is 7.05 Å². The van der Waals surface area contributed by atoms with Crippen LogP contribution in [-0.4, -0.2) is 34.1 Å². The minimum Gasteiger partial charge on any atom is -0.489 e. The van der Waals surface area contributed by atoms with Crippen LogP contribution in [0.1, 0.15) is 22.3 Å². The molecule has 4 rings (SSSR count). The molecule has 0 bridgehead atoms. The monoisotopic (exact) mass is 483 g/mol. The molecule has 1 saturated heterocycles. The maximum absolute atomic E-state index is 12.7. The number of carboxylic acids is 1. The van der Waals surface area contributed by atoms with Gasteiger partial charge in [-0.2, -0.15) is 5.26 Å². The van der Waals surface area contributed by atoms with Crippen molar-refractivity contribution in [2.24, 2.45) is 4.99 Å². The van der Waals surface area contributed by atoms with Crippen LogP contribution in [0.2, 0.25) is 0 Å². The standard InChI is InChI=1S/C27H21N3O4S/c1-30-26(33)24(35-27(30)29-22-10-6-19(7-11-22)15-25(31)32)14-18-8-12-23(13-9-18)34-17-21-4-2-20(16-28)3-5-21/h2-14H,15,17H2,1H3,(H,31,32)/b24-14+,29-27?. The Hall–Kier alpha value is -4.35. The molecule has 1 N–H and O–H groups in total. The first kappa shape index (κ1) is 23.8. The lowest BCUT2D eigenvalue weighted by Crippen LogP contribution is -2.23. The molecular weight excluding hydrogens is 462 g/mol. The summed E-state index contributed by atoms with van der Waals surface area (Å²) in [5.41, 5.74) is 3.77. The van der Waals surface area contributed by atoms with Crippen LogP contribution in [-0.2, 0) is 22.6 Å². The van der Waals surface area contributed by atoms with E-state index in [-0.39, 0.29) is 12.3 Å². The molecular formula is C27H21N3O4S. The summed E-state index contributed by atoms with van der Waals surface area (Å²) < 4.78 is 5.81. The predicted molar refractivity (Wildman–Crippen MR) is 135 cm³/mol. The van der Waals surface area contributed by atoms with Crippen LogP contribution in [0.15, 0.2) is 82.7 Å². The van der Waals surface area contributed by atoms with E-state index in [0.29, 0.717) is 39.2 Å². The number of nitriles is 1. The van der Waals surface area contributed by atoms with E-state index in [0.717, 1.165) is 11.1 Å². The largest absolute Gasteiger partial charge is 0.489 e. The molecule has 0 spiro atoms. The molecule has 35 heavy (non-hydrogen) atoms. The molecule has 0 unspecified atom stereocenters. The van der Waals surface area contributed by atoms with Gasteiger partial charge in [0.2, 0.25) is 0 Å². The molecule has 0 radical (unpaired) electrons. The predicted octanol–water partition coefficient (Wildman–Crippen LogP) is 5.00. The Bertz CT molecular complexity index is 1340. The first-order valence-electron chi connectivity index (χ1n) is 10.7. The summed E-state index contributed by atoms with van der Waals surface area (Å²) in [7, 11) is 1.67. The number of ether oxygens (including phenoxy) is 1. The number of thioether (sulfide) groups is 1. The SMILES string of the molecule is CN1C(=O)/C(=C\c2ccc(OCc3ccc(C#N)cc3)cc2)SC1=Nc1ccc(CC(=O)O)cc1. The molecule has 0 atom stereocenters. The van der Waals surface area contributed by atoms with Gasteiger partial charge in [0.05, 0.1) is 28.6 Å². The number of rotatable bonds is 7. The summed E-state index contributed by atoms with van der Waals surface area (Å²) in [6.45, 7) is 0.391. The smallest absolute Gasteiger partial charge is 0.307 e. The van der Waals surface area contributed by atoms with Crippen molar-refractivity contribution in [3.05, 3.63) is 100.0 Å². The topological polar surface area (TPSA) is 103 Å². The van der Waals surface area contributed by atoms with E-state index in [4.69, 9.17) is 15.1 Å². The molecule has 1 aliphatic heterocycles. The zero-order valence-corrected chi connectivity index (χ0v) is 19.7. The second-order valence-electron chi connectivity index (χ2n) is 7.77. The van der Waals surface area contributed by atoms with Crippen molar-refractivity contribution in [1.82, 2.24) is 4.90 Å². The Balaban J connectivity index is 1.40. The van der Waals surface area contributed by atoms with Crippen molar-refractivity contribution < 1.29 is 19.4 Å². The Morgan fingerprint density at radius 2 is 1.71 bits per heavy atom. The number of carbonyl (C=O) groups excluding carboxylic acids is 1. The average molecular weight is 484 g/mol. The van der Waals surface area contributed by atoms with Gasteiger partial charge >= 0.3 is 5.97 Å². The zero-order chi connectivity index (χ0) is 24.8. The van der Waals surface area contributed by atoms with Gasteiger partial charge in [-0.25, -0.2) is 4.99 Å². The van der Waals surface area contributed by atoms with Crippen molar-refractivity contribution in [2.45, 2.75) is 13.0 Å². The molecule has 8 heteroatoms. The van der Waals surface area contributed by atoms with Crippen molar-refractivity contribution in [3.63, 3.8) is 0 Å². The normalized spacial score (nSPS) is 15.4. The molecule has 0 aliphatic carbocycles. The maximum atomic E-state index is 12.7. The number of likely N-dealkylation sites (N-methyl/N-ethyl adjacent to an activating group) is 1. The number of amidine groups is 1. The van der Waals surface area contributed by atoms with Crippen LogP contribution in [0.3, 0.4) is 0 Å². The summed E-state index contributed by atoms with van der Waals surface area (Å²) in [4.78, 5) is 30.1. The van der Waals surface area contributed by atoms with E-state index in [1.165, 1.54) is 16.7 Å². The van der Waals surface area contributed by atoms with Gasteiger partial charge in [0.15, 0.2) is 5.17 Å². The highest BCUT2D eigenvalue weighted by Crippen LogP contribution is 2.33. The Kier molecular flexibility index (Phi) is 7.29. The van der Waals surface area contributed by atoms with Crippen LogP contribution in [0.25, 0.3) is 6.08 Å². The zero-order valence-electron chi connectivity index (χ0n) is 18.8. The van der Waals surface area contributed by atoms with Gasteiger partial charge in [0.1, 0.15) is 12.4 Å². The number of aliphatic imine (C=N–C) groups is 1. The van der Waals surface area contributed by atoms with Crippen LogP contribution in [0.5, 0.6) is 5.75 Å². The molecule has 1 heterocycles. The van der Waals surface area contributed by atoms with Crippen LogP contribution < -0.4 is 4.74 Å². The van der Waals surface area contributed by atoms with Crippen LogP contribution in [0.4, 0.5) is 5.69 Å². The summed E-state index contributed by atoms with van der Waals surface area (Å²) in [6.07, 6.45) is 1.77. The van der Waals surface area contributed by atoms with Crippen LogP contribution >= 0.6 is 11.8 Å². The number of benzene rings is 3. The molecule has 3 aromatic carbocycles. The number of carbonyl (C=O) groups is 2. The third kappa shape index (κ3) is 6.16. The van der Waals surface area contributed by atoms with E-state index in [1.807, 2.05) is 42.5 Å². The summed E-state index contributed by atoms with van der Waals surface area (Å²) in [5.74, 6) is -0.327. The number of hydrogen-bond acceptors (Lipinski definition) is 6. The van der Waals surface area contributed by atoms with Gasteiger partial charge in [0.25, 0.3) is 5.91 Å². The quantitative estimate of drug-likeness (QED) is 0.475. The highest BCUT2D eigenvalue weighted by molar-refractivity contribution is 8.18. The minimum atomic E-state index is -0.888. The number of aliphatic carboxylic acids is 1. The fraction of sp³-hybridized carbons (Fsp3) is 0.111. The fourth-order valence-corrected chi connectivity index (χ4v) is 4.27. The van der Waals surface area contributed by atoms with Crippen molar-refractivity contribution >= 4 is 40.6 Å². The molecule has 0 saturated carbocycles. The highest BCUT2D eigenvalue weighted by Gasteiger charge is 2.30. The number of carboxylic acid groups (broad SMARTS) is 1. The van der Waals surface area contributed by atoms with Gasteiger partial charge in [-0.15, -0.1) is 0 Å². The summed E-state index contributed by atoms with van der Waals surface area (Å²) >= 11 is 1.29. The molecule has 174 valence electrons. The Morgan fingerprint density at radius 1 is 1.06 bits per heavy atom. The average Bonchev–Trinajstić information content (AvgIpc) is 3.12. The van der Waals surface area contributed by atoms with Gasteiger partial charge in [-0.1, -0.05) is 36.4 Å². The van der Waals surface area contributed by atoms with Gasteiger partial charge in [0, 0.05) is 7.05 Å². The van der Waals surface area contributed by atoms with Gasteiger partial charge < -0.3 is 9.84 Å². The third-order valence-corrected chi connectivity index (χ3v) is 6.25. The highest BCUT2D eigenvalue weighted by atomic mass is 32.2. The summed E-state index contributed by atoms with van der Waals surface area (Å²) in [5, 5.41) is 18.3. The van der Waals surface area contributed by atoms with Crippen molar-refractivity contribution in [1.29, 1.82) is 5.26 Å². The second-order valence-corrected chi connectivity index (χ2v) is 8.78. The van der Waals surface area contributed by atoms with E-state index in [9.17, 15) is 9.59 Å². The van der Waals surface area contributed by atoms with Gasteiger partial charge in [-0.3, -0.25) is 14.5 Å². The molecule has 1 aliphatic rings. The lowest BCUT2D eigenvalue weighted by molar-refractivity contribution is -0.136. The van der Waals surface area contributed by atoms with E-state index in [2.05, 4.69) is 11.1 Å². The lowest BCUT2D eigenvalue weighted by Gasteiger charge is -2.07. The number of hydrogen-bond donors (Lipinski definition) is 1. The maximum Gasteiger partial charge on any atom is 0.307 e. The van der Waals surface area contributed by atoms with Crippen molar-refractivity contribution in [3.8, 4) is 11.8 Å². The second kappa shape index (κ2) is 10.7. The van der Waals surface area contributed by atoms with Crippen LogP contribution in [0, 0.1) is 11.3 Å². The lowest BCUT2D eigenvalue weighted by atomic mass is 10.1. The van der Waals surface area contributed by atoms with E-state index < -0.39 is 5.97 Å². The number of nitrogens with zero attached hydrogens (tertiary/aromatic N) is 3. The van der Waals surface area contributed by atoms with E-state index >= 15 is 0 Å². The minimum absolute atomic E-state index is 0.0455. The molecule has 3 aromatic rings. The Labute approximate surface area is 207 Å². The number of amides is 1. The van der Waals surface area contributed by atoms with E-state index in [1.54, 1.807) is 43.4 Å². The third-order valence-electron chi connectivity index (χ3n) is 5.19.